The summed E-state index contributed by atoms with van der Waals surface area (Å²) in [5.74, 6) is 2.24. The lowest BCUT2D eigenvalue weighted by atomic mass is 9.96. The van der Waals surface area contributed by atoms with E-state index in [1.165, 1.54) is 0 Å². The first kappa shape index (κ1) is 14.5. The van der Waals surface area contributed by atoms with Crippen molar-refractivity contribution in [3.05, 3.63) is 17.0 Å². The summed E-state index contributed by atoms with van der Waals surface area (Å²) in [6.07, 6.45) is 2.22. The zero-order valence-corrected chi connectivity index (χ0v) is 12.6. The molecular formula is C14H22ClN3O. The van der Waals surface area contributed by atoms with E-state index in [1.807, 2.05) is 0 Å². The summed E-state index contributed by atoms with van der Waals surface area (Å²) in [6, 6.07) is 1.79. The molecule has 0 aromatic carbocycles. The predicted octanol–water partition coefficient (Wildman–Crippen LogP) is 3.27. The Morgan fingerprint density at radius 1 is 1.32 bits per heavy atom. The van der Waals surface area contributed by atoms with E-state index in [9.17, 15) is 0 Å². The maximum atomic E-state index is 6.07. The van der Waals surface area contributed by atoms with Crippen molar-refractivity contribution < 1.29 is 4.74 Å². The molecule has 4 nitrogen and oxygen atoms in total. The topological polar surface area (TPSA) is 47.0 Å². The van der Waals surface area contributed by atoms with Gasteiger partial charge in [0.05, 0.1) is 0 Å². The molecule has 0 saturated carbocycles. The molecule has 0 bridgehead atoms. The van der Waals surface area contributed by atoms with Crippen molar-refractivity contribution in [3.63, 3.8) is 0 Å². The highest BCUT2D eigenvalue weighted by molar-refractivity contribution is 6.29. The van der Waals surface area contributed by atoms with Crippen molar-refractivity contribution in [1.29, 1.82) is 0 Å². The van der Waals surface area contributed by atoms with Crippen LogP contribution >= 0.6 is 11.6 Å². The summed E-state index contributed by atoms with van der Waals surface area (Å²) in [5, 5.41) is 3.87. The maximum absolute atomic E-state index is 6.07. The van der Waals surface area contributed by atoms with E-state index in [1.54, 1.807) is 6.07 Å². The molecule has 1 aromatic heterocycles. The Labute approximate surface area is 119 Å². The molecule has 19 heavy (non-hydrogen) atoms. The molecule has 2 heterocycles. The van der Waals surface area contributed by atoms with Gasteiger partial charge < -0.3 is 10.1 Å². The lowest BCUT2D eigenvalue weighted by Crippen LogP contribution is -2.23. The van der Waals surface area contributed by atoms with Gasteiger partial charge in [0.15, 0.2) is 0 Å². The van der Waals surface area contributed by atoms with Crippen LogP contribution in [0.5, 0.6) is 0 Å². The molecule has 1 aromatic rings. The lowest BCUT2D eigenvalue weighted by Gasteiger charge is -2.23. The van der Waals surface area contributed by atoms with Crippen molar-refractivity contribution in [2.75, 3.05) is 25.1 Å². The maximum Gasteiger partial charge on any atom is 0.137 e. The van der Waals surface area contributed by atoms with Crippen molar-refractivity contribution in [2.24, 2.45) is 5.92 Å². The molecule has 0 radical (unpaired) electrons. The first-order valence-corrected chi connectivity index (χ1v) is 7.19. The van der Waals surface area contributed by atoms with Gasteiger partial charge in [-0.2, -0.15) is 0 Å². The third kappa shape index (κ3) is 4.32. The van der Waals surface area contributed by atoms with Gasteiger partial charge in [-0.25, -0.2) is 9.97 Å². The summed E-state index contributed by atoms with van der Waals surface area (Å²) >= 11 is 6.07. The van der Waals surface area contributed by atoms with Crippen LogP contribution in [-0.4, -0.2) is 29.7 Å². The quantitative estimate of drug-likeness (QED) is 0.865. The van der Waals surface area contributed by atoms with Crippen LogP contribution in [0.3, 0.4) is 0 Å². The highest BCUT2D eigenvalue weighted by atomic mass is 35.5. The van der Waals surface area contributed by atoms with Crippen LogP contribution in [0.1, 0.15) is 39.4 Å². The van der Waals surface area contributed by atoms with E-state index in [4.69, 9.17) is 16.3 Å². The van der Waals surface area contributed by atoms with Crippen LogP contribution in [-0.2, 0) is 10.2 Å². The molecule has 1 aliphatic rings. The van der Waals surface area contributed by atoms with Gasteiger partial charge in [0, 0.05) is 31.2 Å². The number of nitrogens with one attached hydrogen (secondary N) is 1. The van der Waals surface area contributed by atoms with Crippen LogP contribution < -0.4 is 5.32 Å². The third-order valence-corrected chi connectivity index (χ3v) is 3.47. The molecule has 0 spiro atoms. The van der Waals surface area contributed by atoms with Gasteiger partial charge in [0.2, 0.25) is 0 Å². The first-order chi connectivity index (χ1) is 8.95. The zero-order valence-electron chi connectivity index (χ0n) is 11.9. The Morgan fingerprint density at radius 2 is 2.00 bits per heavy atom. The van der Waals surface area contributed by atoms with Crippen LogP contribution in [0.15, 0.2) is 6.07 Å². The molecular weight excluding hydrogens is 262 g/mol. The number of hydrogen-bond donors (Lipinski definition) is 1. The van der Waals surface area contributed by atoms with Gasteiger partial charge in [0.1, 0.15) is 16.8 Å². The Balaban J connectivity index is 2.01. The molecule has 2 rings (SSSR count). The third-order valence-electron chi connectivity index (χ3n) is 3.28. The van der Waals surface area contributed by atoms with Crippen LogP contribution in [0.2, 0.25) is 5.15 Å². The van der Waals surface area contributed by atoms with Crippen molar-refractivity contribution >= 4 is 17.4 Å². The Morgan fingerprint density at radius 3 is 2.63 bits per heavy atom. The van der Waals surface area contributed by atoms with Gasteiger partial charge in [-0.15, -0.1) is 0 Å². The Hall–Kier alpha value is -0.870. The van der Waals surface area contributed by atoms with Gasteiger partial charge in [-0.1, -0.05) is 32.4 Å². The van der Waals surface area contributed by atoms with E-state index >= 15 is 0 Å². The standard InChI is InChI=1S/C14H22ClN3O/c1-14(2,3)13-17-11(15)8-12(18-13)16-9-10-4-6-19-7-5-10/h8,10H,4-7,9H2,1-3H3,(H,16,17,18). The molecule has 5 heteroatoms. The summed E-state index contributed by atoms with van der Waals surface area (Å²) < 4.78 is 5.36. The molecule has 0 atom stereocenters. The minimum absolute atomic E-state index is 0.0972. The first-order valence-electron chi connectivity index (χ1n) is 6.82. The number of aromatic nitrogens is 2. The molecule has 0 aliphatic carbocycles. The highest BCUT2D eigenvalue weighted by Gasteiger charge is 2.19. The second-order valence-electron chi connectivity index (χ2n) is 6.09. The number of rotatable bonds is 3. The number of hydrogen-bond acceptors (Lipinski definition) is 4. The summed E-state index contributed by atoms with van der Waals surface area (Å²) in [5.41, 5.74) is -0.0972. The van der Waals surface area contributed by atoms with Gasteiger partial charge in [0.25, 0.3) is 0 Å². The fourth-order valence-corrected chi connectivity index (χ4v) is 2.23. The summed E-state index contributed by atoms with van der Waals surface area (Å²) in [6.45, 7) is 8.90. The van der Waals surface area contributed by atoms with E-state index < -0.39 is 0 Å². The average molecular weight is 284 g/mol. The number of anilines is 1. The monoisotopic (exact) mass is 283 g/mol. The van der Waals surface area contributed by atoms with E-state index in [2.05, 4.69) is 36.1 Å². The van der Waals surface area contributed by atoms with Crippen LogP contribution in [0, 0.1) is 5.92 Å². The number of nitrogens with zero attached hydrogens (tertiary/aromatic N) is 2. The normalized spacial score (nSPS) is 17.5. The van der Waals surface area contributed by atoms with Crippen LogP contribution in [0.25, 0.3) is 0 Å². The molecule has 0 unspecified atom stereocenters. The SMILES string of the molecule is CC(C)(C)c1nc(Cl)cc(NCC2CCOCC2)n1. The Kier molecular flexibility index (Phi) is 4.63. The van der Waals surface area contributed by atoms with Crippen LogP contribution in [0.4, 0.5) is 5.82 Å². The van der Waals surface area contributed by atoms with Crippen molar-refractivity contribution in [3.8, 4) is 0 Å². The predicted molar refractivity (Wildman–Crippen MR) is 77.8 cm³/mol. The zero-order chi connectivity index (χ0) is 13.9. The van der Waals surface area contributed by atoms with Gasteiger partial charge in [-0.3, -0.25) is 0 Å². The molecule has 1 N–H and O–H groups in total. The van der Waals surface area contributed by atoms with E-state index in [0.29, 0.717) is 11.1 Å². The van der Waals surface area contributed by atoms with E-state index in [-0.39, 0.29) is 5.41 Å². The van der Waals surface area contributed by atoms with Crippen molar-refractivity contribution in [1.82, 2.24) is 9.97 Å². The number of ether oxygens (including phenoxy) is 1. The van der Waals surface area contributed by atoms with E-state index in [0.717, 1.165) is 44.2 Å². The average Bonchev–Trinajstić information content (AvgIpc) is 2.36. The molecule has 1 saturated heterocycles. The molecule has 1 fully saturated rings. The molecule has 106 valence electrons. The second-order valence-corrected chi connectivity index (χ2v) is 6.47. The fraction of sp³-hybridized carbons (Fsp3) is 0.714. The summed E-state index contributed by atoms with van der Waals surface area (Å²) in [4.78, 5) is 8.85. The summed E-state index contributed by atoms with van der Waals surface area (Å²) in [7, 11) is 0. The minimum Gasteiger partial charge on any atom is -0.381 e. The molecule has 1 aliphatic heterocycles. The highest BCUT2D eigenvalue weighted by Crippen LogP contribution is 2.23. The molecule has 0 amide bonds. The largest absolute Gasteiger partial charge is 0.381 e. The number of halogens is 1. The second kappa shape index (κ2) is 6.06. The van der Waals surface area contributed by atoms with Crippen molar-refractivity contribution in [2.45, 2.75) is 39.0 Å². The van der Waals surface area contributed by atoms with Gasteiger partial charge in [-0.05, 0) is 18.8 Å². The minimum atomic E-state index is -0.0972. The smallest absolute Gasteiger partial charge is 0.137 e. The fourth-order valence-electron chi connectivity index (χ4n) is 2.04. The Bertz CT molecular complexity index is 425. The van der Waals surface area contributed by atoms with Gasteiger partial charge >= 0.3 is 0 Å². The lowest BCUT2D eigenvalue weighted by molar-refractivity contribution is 0.0699.